The standard InChI is InChI=1S/C17H18O5S/c1-4-6-10-15(20)11(9(3)18)7-12-13(19)8-14(23-16(10)12)17(21)22-5-2/h7-8,20H,4-6H2,1-3H3. The summed E-state index contributed by atoms with van der Waals surface area (Å²) in [5.74, 6) is -0.974. The van der Waals surface area contributed by atoms with E-state index in [1.807, 2.05) is 6.92 Å². The molecule has 0 aliphatic heterocycles. The predicted molar refractivity (Wildman–Crippen MR) is 89.7 cm³/mol. The number of fused-ring (bicyclic) bond motifs is 1. The Hall–Kier alpha value is -2.21. The number of aromatic hydroxyl groups is 1. The first-order valence-corrected chi connectivity index (χ1v) is 8.23. The number of esters is 1. The third-order valence-corrected chi connectivity index (χ3v) is 4.62. The molecule has 0 amide bonds. The largest absolute Gasteiger partial charge is 0.507 e. The van der Waals surface area contributed by atoms with Crippen molar-refractivity contribution in [3.8, 4) is 5.75 Å². The number of aryl methyl sites for hydroxylation is 1. The predicted octanol–water partition coefficient (Wildman–Crippen LogP) is 3.30. The van der Waals surface area contributed by atoms with Crippen molar-refractivity contribution in [2.75, 3.05) is 6.61 Å². The summed E-state index contributed by atoms with van der Waals surface area (Å²) >= 11 is 1.10. The van der Waals surface area contributed by atoms with Gasteiger partial charge in [-0.2, -0.15) is 0 Å². The number of benzene rings is 1. The molecule has 0 aliphatic rings. The van der Waals surface area contributed by atoms with Crippen LogP contribution in [0.1, 0.15) is 52.8 Å². The lowest BCUT2D eigenvalue weighted by Gasteiger charge is -2.12. The fraction of sp³-hybridized carbons (Fsp3) is 0.353. The monoisotopic (exact) mass is 334 g/mol. The highest BCUT2D eigenvalue weighted by molar-refractivity contribution is 7.20. The second-order valence-electron chi connectivity index (χ2n) is 5.13. The molecular weight excluding hydrogens is 316 g/mol. The minimum atomic E-state index is -0.561. The highest BCUT2D eigenvalue weighted by Gasteiger charge is 2.19. The molecule has 122 valence electrons. The molecule has 1 N–H and O–H groups in total. The summed E-state index contributed by atoms with van der Waals surface area (Å²) in [6.45, 7) is 5.19. The number of phenolic OH excluding ortho intramolecular Hbond substituents is 1. The molecule has 0 aliphatic carbocycles. The number of carbonyl (C=O) groups is 2. The van der Waals surface area contributed by atoms with E-state index < -0.39 is 5.97 Å². The molecule has 1 aromatic carbocycles. The average molecular weight is 334 g/mol. The van der Waals surface area contributed by atoms with E-state index >= 15 is 0 Å². The summed E-state index contributed by atoms with van der Waals surface area (Å²) in [7, 11) is 0. The van der Waals surface area contributed by atoms with Crippen molar-refractivity contribution in [3.63, 3.8) is 0 Å². The van der Waals surface area contributed by atoms with Crippen LogP contribution in [0, 0.1) is 0 Å². The Labute approximate surface area is 137 Å². The number of ether oxygens (including phenoxy) is 1. The zero-order valence-corrected chi connectivity index (χ0v) is 14.1. The SMILES string of the molecule is CCCc1c(O)c(C(C)=O)cc2c(=O)cc(C(=O)OCC)sc12. The average Bonchev–Trinajstić information content (AvgIpc) is 2.49. The van der Waals surface area contributed by atoms with Gasteiger partial charge in [0.25, 0.3) is 0 Å². The second kappa shape index (κ2) is 6.91. The van der Waals surface area contributed by atoms with Crippen LogP contribution in [0.25, 0.3) is 10.1 Å². The Bertz CT molecular complexity index is 835. The highest BCUT2D eigenvalue weighted by atomic mass is 32.1. The normalized spacial score (nSPS) is 10.7. The number of rotatable bonds is 5. The lowest BCUT2D eigenvalue weighted by atomic mass is 10.00. The Kier molecular flexibility index (Phi) is 5.15. The summed E-state index contributed by atoms with van der Waals surface area (Å²) in [6.07, 6.45) is 1.24. The molecule has 0 saturated carbocycles. The van der Waals surface area contributed by atoms with Crippen molar-refractivity contribution in [2.45, 2.75) is 33.6 Å². The van der Waals surface area contributed by atoms with Crippen LogP contribution in [0.15, 0.2) is 16.9 Å². The first-order chi connectivity index (χ1) is 10.9. The summed E-state index contributed by atoms with van der Waals surface area (Å²) in [5, 5.41) is 10.7. The molecule has 6 heteroatoms. The number of ketones is 1. The Balaban J connectivity index is 2.83. The van der Waals surface area contributed by atoms with Crippen molar-refractivity contribution in [2.24, 2.45) is 0 Å². The van der Waals surface area contributed by atoms with Crippen molar-refractivity contribution in [3.05, 3.63) is 38.4 Å². The summed E-state index contributed by atoms with van der Waals surface area (Å²) < 4.78 is 5.47. The van der Waals surface area contributed by atoms with Gasteiger partial charge >= 0.3 is 5.97 Å². The van der Waals surface area contributed by atoms with Crippen molar-refractivity contribution < 1.29 is 19.4 Å². The molecule has 0 saturated heterocycles. The molecule has 5 nitrogen and oxygen atoms in total. The molecule has 1 aromatic heterocycles. The quantitative estimate of drug-likeness (QED) is 0.670. The fourth-order valence-corrected chi connectivity index (χ4v) is 3.52. The molecule has 0 bridgehead atoms. The van der Waals surface area contributed by atoms with Gasteiger partial charge in [-0.15, -0.1) is 11.3 Å². The summed E-state index contributed by atoms with van der Waals surface area (Å²) in [6, 6.07) is 2.63. The number of Topliss-reactive ketones (excluding diaryl/α,β-unsaturated/α-hetero) is 1. The smallest absolute Gasteiger partial charge is 0.348 e. The van der Waals surface area contributed by atoms with Crippen LogP contribution in [0.2, 0.25) is 0 Å². The third-order valence-electron chi connectivity index (χ3n) is 3.44. The zero-order valence-electron chi connectivity index (χ0n) is 13.3. The first-order valence-electron chi connectivity index (χ1n) is 7.41. The van der Waals surface area contributed by atoms with Crippen molar-refractivity contribution in [1.29, 1.82) is 0 Å². The second-order valence-corrected chi connectivity index (χ2v) is 6.18. The van der Waals surface area contributed by atoms with E-state index in [1.165, 1.54) is 19.1 Å². The van der Waals surface area contributed by atoms with Gasteiger partial charge in [-0.1, -0.05) is 13.3 Å². The molecule has 1 heterocycles. The van der Waals surface area contributed by atoms with Crippen molar-refractivity contribution >= 4 is 33.2 Å². The summed E-state index contributed by atoms with van der Waals surface area (Å²) in [5.41, 5.74) is 0.305. The fourth-order valence-electron chi connectivity index (χ4n) is 2.40. The van der Waals surface area contributed by atoms with Crippen LogP contribution in [-0.4, -0.2) is 23.5 Å². The first kappa shape index (κ1) is 17.1. The third kappa shape index (κ3) is 3.27. The molecule has 0 atom stereocenters. The number of phenols is 1. The molecular formula is C17H18O5S. The minimum absolute atomic E-state index is 0.108. The maximum atomic E-state index is 12.4. The van der Waals surface area contributed by atoms with Gasteiger partial charge in [-0.3, -0.25) is 9.59 Å². The maximum absolute atomic E-state index is 12.4. The van der Waals surface area contributed by atoms with Gasteiger partial charge in [0.15, 0.2) is 11.2 Å². The number of carbonyl (C=O) groups excluding carboxylic acids is 2. The van der Waals surface area contributed by atoms with Crippen LogP contribution < -0.4 is 5.43 Å². The Morgan fingerprint density at radius 2 is 1.96 bits per heavy atom. The topological polar surface area (TPSA) is 80.7 Å². The van der Waals surface area contributed by atoms with E-state index in [9.17, 15) is 19.5 Å². The summed E-state index contributed by atoms with van der Waals surface area (Å²) in [4.78, 5) is 36.2. The maximum Gasteiger partial charge on any atom is 0.348 e. The van der Waals surface area contributed by atoms with Gasteiger partial charge in [0, 0.05) is 21.7 Å². The van der Waals surface area contributed by atoms with Crippen LogP contribution in [0.4, 0.5) is 0 Å². The van der Waals surface area contributed by atoms with Gasteiger partial charge < -0.3 is 9.84 Å². The minimum Gasteiger partial charge on any atom is -0.507 e. The van der Waals surface area contributed by atoms with E-state index in [1.54, 1.807) is 6.92 Å². The Morgan fingerprint density at radius 3 is 2.52 bits per heavy atom. The van der Waals surface area contributed by atoms with Crippen LogP contribution in [0.3, 0.4) is 0 Å². The van der Waals surface area contributed by atoms with Crippen molar-refractivity contribution in [1.82, 2.24) is 0 Å². The molecule has 0 radical (unpaired) electrons. The zero-order chi connectivity index (χ0) is 17.1. The molecule has 0 unspecified atom stereocenters. The molecule has 2 aromatic rings. The van der Waals surface area contributed by atoms with E-state index in [4.69, 9.17) is 4.74 Å². The van der Waals surface area contributed by atoms with Gasteiger partial charge in [-0.25, -0.2) is 4.79 Å². The van der Waals surface area contributed by atoms with Gasteiger partial charge in [-0.05, 0) is 26.3 Å². The van der Waals surface area contributed by atoms with E-state index in [2.05, 4.69) is 0 Å². The lowest BCUT2D eigenvalue weighted by molar-refractivity contribution is 0.0531. The lowest BCUT2D eigenvalue weighted by Crippen LogP contribution is -2.10. The highest BCUT2D eigenvalue weighted by Crippen LogP contribution is 2.34. The molecule has 2 rings (SSSR count). The molecule has 0 spiro atoms. The number of hydrogen-bond acceptors (Lipinski definition) is 6. The van der Waals surface area contributed by atoms with Gasteiger partial charge in [0.1, 0.15) is 10.6 Å². The van der Waals surface area contributed by atoms with Crippen LogP contribution in [0.5, 0.6) is 5.75 Å². The Morgan fingerprint density at radius 1 is 1.26 bits per heavy atom. The van der Waals surface area contributed by atoms with E-state index in [0.717, 1.165) is 17.8 Å². The van der Waals surface area contributed by atoms with Gasteiger partial charge in [0.05, 0.1) is 12.2 Å². The van der Waals surface area contributed by atoms with E-state index in [-0.39, 0.29) is 34.0 Å². The van der Waals surface area contributed by atoms with Gasteiger partial charge in [0.2, 0.25) is 0 Å². The van der Waals surface area contributed by atoms with Crippen LogP contribution in [-0.2, 0) is 11.2 Å². The van der Waals surface area contributed by atoms with Crippen LogP contribution >= 0.6 is 11.3 Å². The molecule has 0 fully saturated rings. The van der Waals surface area contributed by atoms with E-state index in [0.29, 0.717) is 22.1 Å². The number of hydrogen-bond donors (Lipinski definition) is 1. The molecule has 23 heavy (non-hydrogen) atoms.